The molecule has 0 aliphatic carbocycles. The summed E-state index contributed by atoms with van der Waals surface area (Å²) in [6.07, 6.45) is 0. The van der Waals surface area contributed by atoms with Gasteiger partial charge in [-0.2, -0.15) is 0 Å². The fourth-order valence-corrected chi connectivity index (χ4v) is 8.14. The van der Waals surface area contributed by atoms with Gasteiger partial charge in [0.1, 0.15) is 22.3 Å². The first-order valence-electron chi connectivity index (χ1n) is 16.4. The molecule has 0 bridgehead atoms. The van der Waals surface area contributed by atoms with Crippen LogP contribution in [0, 0.1) is 0 Å². The average molecular weight is 611 g/mol. The van der Waals surface area contributed by atoms with E-state index in [9.17, 15) is 0 Å². The van der Waals surface area contributed by atoms with E-state index in [4.69, 9.17) is 8.83 Å². The number of rotatable bonds is 2. The fourth-order valence-electron chi connectivity index (χ4n) is 8.14. The Morgan fingerprint density at radius 3 is 1.33 bits per heavy atom. The summed E-state index contributed by atoms with van der Waals surface area (Å²) in [5, 5.41) is 14.2. The van der Waals surface area contributed by atoms with Crippen LogP contribution in [0.2, 0.25) is 0 Å². The number of hydrogen-bond acceptors (Lipinski definition) is 2. The van der Waals surface area contributed by atoms with Gasteiger partial charge in [-0.1, -0.05) is 133 Å². The van der Waals surface area contributed by atoms with Gasteiger partial charge >= 0.3 is 0 Å². The Morgan fingerprint density at radius 2 is 0.729 bits per heavy atom. The van der Waals surface area contributed by atoms with Gasteiger partial charge in [0.25, 0.3) is 0 Å². The van der Waals surface area contributed by atoms with Crippen molar-refractivity contribution in [2.75, 3.05) is 0 Å². The van der Waals surface area contributed by atoms with Gasteiger partial charge in [0, 0.05) is 27.1 Å². The zero-order chi connectivity index (χ0) is 31.3. The monoisotopic (exact) mass is 610 g/mol. The fraction of sp³-hybridized carbons (Fsp3) is 0. The Labute approximate surface area is 275 Å². The molecule has 11 rings (SSSR count). The molecule has 11 aromatic rings. The normalized spacial score (nSPS) is 12.2. The molecular weight excluding hydrogens is 585 g/mol. The molecule has 2 heteroatoms. The smallest absolute Gasteiger partial charge is 0.147 e. The van der Waals surface area contributed by atoms with Crippen molar-refractivity contribution >= 4 is 87.0 Å². The number of fused-ring (bicyclic) bond motifs is 11. The Kier molecular flexibility index (Phi) is 5.14. The van der Waals surface area contributed by atoms with Crippen LogP contribution in [0.4, 0.5) is 0 Å². The van der Waals surface area contributed by atoms with Gasteiger partial charge in [-0.05, 0) is 78.5 Å². The first-order chi connectivity index (χ1) is 23.8. The van der Waals surface area contributed by atoms with Gasteiger partial charge in [0.15, 0.2) is 0 Å². The van der Waals surface area contributed by atoms with Gasteiger partial charge in [-0.15, -0.1) is 0 Å². The third-order valence-corrected chi connectivity index (χ3v) is 10.2. The predicted molar refractivity (Wildman–Crippen MR) is 202 cm³/mol. The van der Waals surface area contributed by atoms with E-state index >= 15 is 0 Å². The maximum atomic E-state index is 6.78. The minimum Gasteiger partial charge on any atom is -0.455 e. The molecule has 48 heavy (non-hydrogen) atoms. The highest BCUT2D eigenvalue weighted by Gasteiger charge is 2.25. The predicted octanol–water partition coefficient (Wildman–Crippen LogP) is 13.4. The van der Waals surface area contributed by atoms with E-state index < -0.39 is 0 Å². The Balaban J connectivity index is 1.31. The Hall–Kier alpha value is -6.38. The number of benzene rings is 9. The van der Waals surface area contributed by atoms with E-state index in [-0.39, 0.29) is 0 Å². The molecule has 0 saturated heterocycles. The summed E-state index contributed by atoms with van der Waals surface area (Å²) in [6.45, 7) is 0. The molecule has 0 amide bonds. The van der Waals surface area contributed by atoms with Crippen LogP contribution in [0.1, 0.15) is 0 Å². The van der Waals surface area contributed by atoms with Crippen LogP contribution in [-0.4, -0.2) is 0 Å². The van der Waals surface area contributed by atoms with E-state index in [1.165, 1.54) is 54.2 Å². The van der Waals surface area contributed by atoms with E-state index in [1.807, 2.05) is 12.1 Å². The van der Waals surface area contributed by atoms with Crippen molar-refractivity contribution in [3.8, 4) is 22.3 Å². The molecule has 9 aromatic carbocycles. The van der Waals surface area contributed by atoms with Gasteiger partial charge in [0.05, 0.1) is 5.56 Å². The molecule has 0 saturated carbocycles. The van der Waals surface area contributed by atoms with Crippen molar-refractivity contribution in [2.45, 2.75) is 0 Å². The highest BCUT2D eigenvalue weighted by Crippen LogP contribution is 2.50. The maximum Gasteiger partial charge on any atom is 0.147 e. The molecule has 2 aromatic heterocycles. The first-order valence-corrected chi connectivity index (χ1v) is 16.4. The average Bonchev–Trinajstić information content (AvgIpc) is 3.71. The lowest BCUT2D eigenvalue weighted by atomic mass is 9.84. The second-order valence-corrected chi connectivity index (χ2v) is 12.8. The van der Waals surface area contributed by atoms with Crippen molar-refractivity contribution in [2.24, 2.45) is 0 Å². The summed E-state index contributed by atoms with van der Waals surface area (Å²) in [5.41, 5.74) is 8.01. The maximum absolute atomic E-state index is 6.78. The molecule has 0 unspecified atom stereocenters. The molecule has 0 N–H and O–H groups in total. The van der Waals surface area contributed by atoms with Gasteiger partial charge < -0.3 is 8.83 Å². The number of furan rings is 2. The highest BCUT2D eigenvalue weighted by atomic mass is 16.3. The van der Waals surface area contributed by atoms with Crippen LogP contribution >= 0.6 is 0 Å². The van der Waals surface area contributed by atoms with E-state index in [0.717, 1.165) is 55.0 Å². The molecule has 0 fully saturated rings. The molecule has 0 aliphatic rings. The molecule has 0 radical (unpaired) electrons. The molecule has 0 spiro atoms. The highest BCUT2D eigenvalue weighted by molar-refractivity contribution is 6.30. The van der Waals surface area contributed by atoms with Gasteiger partial charge in [-0.3, -0.25) is 0 Å². The summed E-state index contributed by atoms with van der Waals surface area (Å²) in [4.78, 5) is 0. The molecular formula is C46H26O2. The quantitative estimate of drug-likeness (QED) is 0.144. The molecule has 222 valence electrons. The number of hydrogen-bond donors (Lipinski definition) is 0. The largest absolute Gasteiger partial charge is 0.455 e. The summed E-state index contributed by atoms with van der Waals surface area (Å²) in [5.74, 6) is 0. The summed E-state index contributed by atoms with van der Waals surface area (Å²) >= 11 is 0. The lowest BCUT2D eigenvalue weighted by molar-refractivity contribution is 0.658. The van der Waals surface area contributed by atoms with Crippen molar-refractivity contribution < 1.29 is 8.83 Å². The van der Waals surface area contributed by atoms with Crippen molar-refractivity contribution in [3.63, 3.8) is 0 Å². The second-order valence-electron chi connectivity index (χ2n) is 12.8. The lowest BCUT2D eigenvalue weighted by Gasteiger charge is -2.18. The number of para-hydroxylation sites is 2. The summed E-state index contributed by atoms with van der Waals surface area (Å²) in [7, 11) is 0. The van der Waals surface area contributed by atoms with Gasteiger partial charge in [-0.25, -0.2) is 0 Å². The Morgan fingerprint density at radius 1 is 0.271 bits per heavy atom. The molecule has 0 atom stereocenters. The van der Waals surface area contributed by atoms with Gasteiger partial charge in [0.2, 0.25) is 0 Å². The molecule has 2 nitrogen and oxygen atoms in total. The third kappa shape index (κ3) is 3.46. The second kappa shape index (κ2) is 9.57. The van der Waals surface area contributed by atoms with Crippen LogP contribution in [0.3, 0.4) is 0 Å². The van der Waals surface area contributed by atoms with Crippen molar-refractivity contribution in [1.82, 2.24) is 0 Å². The molecule has 0 aliphatic heterocycles. The van der Waals surface area contributed by atoms with Crippen LogP contribution in [0.5, 0.6) is 0 Å². The topological polar surface area (TPSA) is 26.3 Å². The summed E-state index contributed by atoms with van der Waals surface area (Å²) < 4.78 is 13.6. The van der Waals surface area contributed by atoms with Crippen LogP contribution < -0.4 is 0 Å². The van der Waals surface area contributed by atoms with Crippen LogP contribution in [0.25, 0.3) is 109 Å². The minimum absolute atomic E-state index is 0.850. The first kappa shape index (κ1) is 25.8. The van der Waals surface area contributed by atoms with E-state index in [0.29, 0.717) is 0 Å². The van der Waals surface area contributed by atoms with Crippen molar-refractivity contribution in [3.05, 3.63) is 158 Å². The minimum atomic E-state index is 0.850. The van der Waals surface area contributed by atoms with Crippen LogP contribution in [0.15, 0.2) is 167 Å². The van der Waals surface area contributed by atoms with Crippen LogP contribution in [-0.2, 0) is 0 Å². The van der Waals surface area contributed by atoms with Crippen molar-refractivity contribution in [1.29, 1.82) is 0 Å². The zero-order valence-electron chi connectivity index (χ0n) is 25.8. The SMILES string of the molecule is c1ccc2c(c1)ccc1cc(-c3c4ccccc4c(-c4c5oc6ccccc6c5cc5c4oc4ccccc45)c4ccccc34)ccc12. The molecule has 2 heterocycles. The Bertz CT molecular complexity index is 2970. The third-order valence-electron chi connectivity index (χ3n) is 10.2. The standard InChI is InChI=1S/C46H26O2/c1-2-12-30-27(11-1)21-22-28-25-29(23-24-31(28)30)42-34-15-3-5-17-36(34)43(37-18-6-4-16-35(37)42)44-45-38(32-13-7-9-19-40(32)47-45)26-39-33-14-8-10-20-41(33)48-46(39)44/h1-26H. The van der Waals surface area contributed by atoms with E-state index in [2.05, 4.69) is 146 Å². The van der Waals surface area contributed by atoms with E-state index in [1.54, 1.807) is 0 Å². The lowest BCUT2D eigenvalue weighted by Crippen LogP contribution is -1.92. The summed E-state index contributed by atoms with van der Waals surface area (Å²) in [6, 6.07) is 56.6. The zero-order valence-corrected chi connectivity index (χ0v) is 25.8.